The Morgan fingerprint density at radius 1 is 1.12 bits per heavy atom. The number of alkyl halides is 3. The predicted octanol–water partition coefficient (Wildman–Crippen LogP) is 2.10. The molecule has 1 aromatic carbocycles. The molecular formula is C10H7F3O3. The van der Waals surface area contributed by atoms with E-state index in [1.54, 1.807) is 0 Å². The highest BCUT2D eigenvalue weighted by Crippen LogP contribution is 2.19. The van der Waals surface area contributed by atoms with Crippen molar-refractivity contribution in [3.8, 4) is 5.75 Å². The van der Waals surface area contributed by atoms with Crippen molar-refractivity contribution in [2.45, 2.75) is 12.6 Å². The van der Waals surface area contributed by atoms with Gasteiger partial charge in [-0.3, -0.25) is 9.59 Å². The Balaban J connectivity index is 2.74. The van der Waals surface area contributed by atoms with Crippen molar-refractivity contribution in [2.75, 3.05) is 0 Å². The Hall–Kier alpha value is -1.85. The van der Waals surface area contributed by atoms with E-state index in [-0.39, 0.29) is 11.3 Å². The smallest absolute Gasteiger partial charge is 0.450 e. The summed E-state index contributed by atoms with van der Waals surface area (Å²) >= 11 is 0. The maximum absolute atomic E-state index is 11.8. The Morgan fingerprint density at radius 2 is 1.62 bits per heavy atom. The average molecular weight is 232 g/mol. The van der Waals surface area contributed by atoms with E-state index in [0.717, 1.165) is 24.3 Å². The summed E-state index contributed by atoms with van der Waals surface area (Å²) < 4.78 is 35.5. The maximum atomic E-state index is 11.8. The Morgan fingerprint density at radius 3 is 2.06 bits per heavy atom. The maximum Gasteiger partial charge on any atom is 0.450 e. The lowest BCUT2D eigenvalue weighted by atomic mass is 10.1. The summed E-state index contributed by atoms with van der Waals surface area (Å²) in [5.41, 5.74) is -0.0459. The van der Waals surface area contributed by atoms with Crippen LogP contribution in [0.1, 0.15) is 16.8 Å². The highest BCUT2D eigenvalue weighted by molar-refractivity contribution is 6.09. The number of phenolic OH excluding ortho intramolecular Hbond substituents is 1. The molecule has 0 bridgehead atoms. The summed E-state index contributed by atoms with van der Waals surface area (Å²) in [5, 5.41) is 8.89. The van der Waals surface area contributed by atoms with Crippen molar-refractivity contribution in [3.63, 3.8) is 0 Å². The van der Waals surface area contributed by atoms with Gasteiger partial charge in [0.15, 0.2) is 5.78 Å². The van der Waals surface area contributed by atoms with Crippen molar-refractivity contribution in [1.82, 2.24) is 0 Å². The summed E-state index contributed by atoms with van der Waals surface area (Å²) in [6.07, 6.45) is -6.21. The number of halogens is 3. The normalized spacial score (nSPS) is 11.2. The van der Waals surface area contributed by atoms with Gasteiger partial charge in [0.2, 0.25) is 5.78 Å². The number of hydrogen-bond acceptors (Lipinski definition) is 3. The van der Waals surface area contributed by atoms with E-state index in [9.17, 15) is 22.8 Å². The number of rotatable bonds is 3. The van der Waals surface area contributed by atoms with Crippen LogP contribution in [0.3, 0.4) is 0 Å². The first kappa shape index (κ1) is 12.2. The quantitative estimate of drug-likeness (QED) is 0.641. The van der Waals surface area contributed by atoms with Crippen LogP contribution in [0.5, 0.6) is 5.75 Å². The van der Waals surface area contributed by atoms with E-state index in [0.29, 0.717) is 0 Å². The Labute approximate surface area is 88.5 Å². The molecule has 1 N–H and O–H groups in total. The summed E-state index contributed by atoms with van der Waals surface area (Å²) in [7, 11) is 0. The van der Waals surface area contributed by atoms with Gasteiger partial charge in [-0.1, -0.05) is 0 Å². The zero-order valence-corrected chi connectivity index (χ0v) is 7.91. The fourth-order valence-electron chi connectivity index (χ4n) is 0.995. The van der Waals surface area contributed by atoms with Gasteiger partial charge in [-0.15, -0.1) is 0 Å². The molecule has 0 unspecified atom stereocenters. The largest absolute Gasteiger partial charge is 0.508 e. The molecule has 0 saturated carbocycles. The SMILES string of the molecule is O=C(CC(=O)C(F)(F)F)c1ccc(O)cc1. The van der Waals surface area contributed by atoms with E-state index in [2.05, 4.69) is 0 Å². The van der Waals surface area contributed by atoms with Crippen molar-refractivity contribution in [2.24, 2.45) is 0 Å². The molecule has 6 heteroatoms. The van der Waals surface area contributed by atoms with Crippen molar-refractivity contribution >= 4 is 11.6 Å². The first-order chi connectivity index (χ1) is 7.30. The molecule has 86 valence electrons. The summed E-state index contributed by atoms with van der Waals surface area (Å²) in [4.78, 5) is 21.7. The summed E-state index contributed by atoms with van der Waals surface area (Å²) in [5.74, 6) is -3.12. The zero-order valence-electron chi connectivity index (χ0n) is 7.91. The van der Waals surface area contributed by atoms with E-state index in [4.69, 9.17) is 5.11 Å². The lowest BCUT2D eigenvalue weighted by Crippen LogP contribution is -2.25. The van der Waals surface area contributed by atoms with Crippen molar-refractivity contribution < 1.29 is 27.9 Å². The minimum absolute atomic E-state index is 0.0459. The van der Waals surface area contributed by atoms with Crippen molar-refractivity contribution in [1.29, 1.82) is 0 Å². The fourth-order valence-corrected chi connectivity index (χ4v) is 0.995. The van der Waals surface area contributed by atoms with E-state index >= 15 is 0 Å². The van der Waals surface area contributed by atoms with E-state index < -0.39 is 24.2 Å². The van der Waals surface area contributed by atoms with Crippen molar-refractivity contribution in [3.05, 3.63) is 29.8 Å². The molecular weight excluding hydrogens is 225 g/mol. The molecule has 1 aromatic rings. The number of Topliss-reactive ketones (excluding diaryl/α,β-unsaturated/α-hetero) is 2. The third kappa shape index (κ3) is 3.08. The lowest BCUT2D eigenvalue weighted by Gasteiger charge is -2.04. The van der Waals surface area contributed by atoms with E-state index in [1.165, 1.54) is 0 Å². The van der Waals surface area contributed by atoms with Gasteiger partial charge in [0, 0.05) is 5.56 Å². The van der Waals surface area contributed by atoms with Gasteiger partial charge in [-0.05, 0) is 24.3 Å². The van der Waals surface area contributed by atoms with Gasteiger partial charge in [0.25, 0.3) is 0 Å². The van der Waals surface area contributed by atoms with E-state index in [1.807, 2.05) is 0 Å². The topological polar surface area (TPSA) is 54.4 Å². The second kappa shape index (κ2) is 4.34. The molecule has 0 amide bonds. The average Bonchev–Trinajstić information content (AvgIpc) is 2.17. The van der Waals surface area contributed by atoms with Crippen LogP contribution in [-0.2, 0) is 4.79 Å². The van der Waals surface area contributed by atoms with Gasteiger partial charge in [0.05, 0.1) is 6.42 Å². The fraction of sp³-hybridized carbons (Fsp3) is 0.200. The van der Waals surface area contributed by atoms with Crippen LogP contribution in [0.4, 0.5) is 13.2 Å². The number of hydrogen-bond donors (Lipinski definition) is 1. The highest BCUT2D eigenvalue weighted by Gasteiger charge is 2.39. The molecule has 0 aromatic heterocycles. The summed E-state index contributed by atoms with van der Waals surface area (Å²) in [6.45, 7) is 0. The van der Waals surface area contributed by atoms with Crippen LogP contribution in [-0.4, -0.2) is 22.8 Å². The molecule has 1 rings (SSSR count). The molecule has 0 fully saturated rings. The molecule has 0 heterocycles. The summed E-state index contributed by atoms with van der Waals surface area (Å²) in [6, 6.07) is 4.62. The van der Waals surface area contributed by atoms with Crippen LogP contribution in [0.15, 0.2) is 24.3 Å². The van der Waals surface area contributed by atoms with Gasteiger partial charge >= 0.3 is 6.18 Å². The number of aromatic hydroxyl groups is 1. The Bertz CT molecular complexity index is 406. The van der Waals surface area contributed by atoms with Crippen LogP contribution >= 0.6 is 0 Å². The number of benzene rings is 1. The first-order valence-corrected chi connectivity index (χ1v) is 4.23. The van der Waals surface area contributed by atoms with Gasteiger partial charge in [-0.2, -0.15) is 13.2 Å². The minimum Gasteiger partial charge on any atom is -0.508 e. The molecule has 16 heavy (non-hydrogen) atoms. The number of carbonyl (C=O) groups is 2. The standard InChI is InChI=1S/C10H7F3O3/c11-10(12,13)9(16)5-8(15)6-1-3-7(14)4-2-6/h1-4,14H,5H2. The number of ketones is 2. The van der Waals surface area contributed by atoms with Gasteiger partial charge in [0.1, 0.15) is 5.75 Å². The predicted molar refractivity (Wildman–Crippen MR) is 48.1 cm³/mol. The van der Waals surface area contributed by atoms with Crippen LogP contribution in [0, 0.1) is 0 Å². The van der Waals surface area contributed by atoms with Crippen LogP contribution in [0.25, 0.3) is 0 Å². The molecule has 3 nitrogen and oxygen atoms in total. The molecule has 0 radical (unpaired) electrons. The number of carbonyl (C=O) groups excluding carboxylic acids is 2. The third-order valence-corrected chi connectivity index (χ3v) is 1.83. The van der Waals surface area contributed by atoms with Crippen LogP contribution < -0.4 is 0 Å². The minimum atomic E-state index is -4.99. The second-order valence-corrected chi connectivity index (χ2v) is 3.07. The molecule has 0 aliphatic rings. The zero-order chi connectivity index (χ0) is 12.3. The van der Waals surface area contributed by atoms with Gasteiger partial charge < -0.3 is 5.11 Å². The second-order valence-electron chi connectivity index (χ2n) is 3.07. The lowest BCUT2D eigenvalue weighted by molar-refractivity contribution is -0.170. The molecule has 0 aliphatic carbocycles. The van der Waals surface area contributed by atoms with Crippen LogP contribution in [0.2, 0.25) is 0 Å². The molecule has 0 atom stereocenters. The first-order valence-electron chi connectivity index (χ1n) is 4.23. The number of phenols is 1. The molecule has 0 saturated heterocycles. The monoisotopic (exact) mass is 232 g/mol. The Kier molecular flexibility index (Phi) is 3.31. The molecule has 0 spiro atoms. The van der Waals surface area contributed by atoms with Gasteiger partial charge in [-0.25, -0.2) is 0 Å². The highest BCUT2D eigenvalue weighted by atomic mass is 19.4. The third-order valence-electron chi connectivity index (χ3n) is 1.83. The molecule has 0 aliphatic heterocycles.